The highest BCUT2D eigenvalue weighted by atomic mass is 32.2. The molecular weight excluding hydrogens is 229 g/mol. The van der Waals surface area contributed by atoms with Crippen LogP contribution < -0.4 is 0 Å². The maximum atomic E-state index is 13.4. The highest BCUT2D eigenvalue weighted by molar-refractivity contribution is 7.83. The van der Waals surface area contributed by atoms with E-state index in [1.54, 1.807) is 0 Å². The second-order valence-corrected chi connectivity index (χ2v) is 4.63. The minimum atomic E-state index is -2.78. The van der Waals surface area contributed by atoms with Crippen molar-refractivity contribution in [3.8, 4) is 0 Å². The number of hydrogen-bond donors (Lipinski definition) is 1. The van der Waals surface area contributed by atoms with Gasteiger partial charge in [-0.05, 0) is 18.2 Å². The standard InChI is InChI=1S/C9H5F3S2/c10-8-4(9(11)12)1-2-6-5(8)3-7(13)14-6/h1-3,9,13H. The number of fused-ring (bicyclic) bond motifs is 1. The average molecular weight is 234 g/mol. The summed E-state index contributed by atoms with van der Waals surface area (Å²) in [6, 6.07) is 4.07. The van der Waals surface area contributed by atoms with Gasteiger partial charge < -0.3 is 0 Å². The third kappa shape index (κ3) is 1.50. The Morgan fingerprint density at radius 1 is 1.29 bits per heavy atom. The van der Waals surface area contributed by atoms with Crippen LogP contribution in [-0.4, -0.2) is 0 Å². The number of alkyl halides is 2. The lowest BCUT2D eigenvalue weighted by atomic mass is 10.1. The van der Waals surface area contributed by atoms with E-state index in [-0.39, 0.29) is 5.39 Å². The normalized spacial score (nSPS) is 11.5. The van der Waals surface area contributed by atoms with Gasteiger partial charge in [-0.15, -0.1) is 24.0 Å². The first-order valence-electron chi connectivity index (χ1n) is 3.78. The molecule has 1 aromatic carbocycles. The Morgan fingerprint density at radius 2 is 2.00 bits per heavy atom. The molecule has 74 valence electrons. The van der Waals surface area contributed by atoms with E-state index in [4.69, 9.17) is 0 Å². The molecule has 0 amide bonds. The van der Waals surface area contributed by atoms with Gasteiger partial charge >= 0.3 is 0 Å². The molecule has 0 saturated heterocycles. The number of halogens is 3. The molecule has 0 N–H and O–H groups in total. The van der Waals surface area contributed by atoms with Crippen LogP contribution >= 0.6 is 24.0 Å². The van der Waals surface area contributed by atoms with Crippen molar-refractivity contribution in [2.24, 2.45) is 0 Å². The molecule has 0 aliphatic heterocycles. The lowest BCUT2D eigenvalue weighted by molar-refractivity contribution is 0.147. The second-order valence-electron chi connectivity index (χ2n) is 2.77. The molecule has 5 heteroatoms. The predicted molar refractivity (Wildman–Crippen MR) is 54.0 cm³/mol. The summed E-state index contributed by atoms with van der Waals surface area (Å²) < 4.78 is 39.3. The smallest absolute Gasteiger partial charge is 0.206 e. The first-order valence-corrected chi connectivity index (χ1v) is 5.05. The number of benzene rings is 1. The molecule has 1 heterocycles. The third-order valence-corrected chi connectivity index (χ3v) is 3.19. The van der Waals surface area contributed by atoms with Gasteiger partial charge in [-0.25, -0.2) is 13.2 Å². The molecule has 0 unspecified atom stereocenters. The van der Waals surface area contributed by atoms with E-state index in [1.165, 1.54) is 23.5 Å². The van der Waals surface area contributed by atoms with Crippen LogP contribution in [0.1, 0.15) is 12.0 Å². The van der Waals surface area contributed by atoms with Gasteiger partial charge in [0.15, 0.2) is 0 Å². The first-order chi connectivity index (χ1) is 6.59. The van der Waals surface area contributed by atoms with Gasteiger partial charge in [-0.1, -0.05) is 0 Å². The Hall–Kier alpha value is -0.680. The van der Waals surface area contributed by atoms with Crippen molar-refractivity contribution in [2.75, 3.05) is 0 Å². The fourth-order valence-corrected chi connectivity index (χ4v) is 2.47. The quantitative estimate of drug-likeness (QED) is 0.700. The molecule has 0 aliphatic carbocycles. The summed E-state index contributed by atoms with van der Waals surface area (Å²) in [6.07, 6.45) is -2.78. The number of thiol groups is 1. The van der Waals surface area contributed by atoms with Gasteiger partial charge in [0.1, 0.15) is 5.82 Å². The monoisotopic (exact) mass is 234 g/mol. The molecule has 0 saturated carbocycles. The molecule has 0 radical (unpaired) electrons. The predicted octanol–water partition coefficient (Wildman–Crippen LogP) is 4.27. The van der Waals surface area contributed by atoms with Crippen LogP contribution in [0.3, 0.4) is 0 Å². The summed E-state index contributed by atoms with van der Waals surface area (Å²) in [4.78, 5) is 0. The SMILES string of the molecule is Fc1c(C(F)F)ccc2sc(S)cc12. The lowest BCUT2D eigenvalue weighted by Crippen LogP contribution is -1.89. The zero-order valence-electron chi connectivity index (χ0n) is 6.80. The molecule has 0 aliphatic rings. The van der Waals surface area contributed by atoms with Crippen molar-refractivity contribution in [3.63, 3.8) is 0 Å². The first kappa shape index (κ1) is 9.86. The summed E-state index contributed by atoms with van der Waals surface area (Å²) in [5.41, 5.74) is -0.552. The molecule has 1 aromatic heterocycles. The Labute approximate surface area is 87.8 Å². The van der Waals surface area contributed by atoms with E-state index in [1.807, 2.05) is 0 Å². The summed E-state index contributed by atoms with van der Waals surface area (Å²) in [6.45, 7) is 0. The average Bonchev–Trinajstić information content (AvgIpc) is 2.46. The van der Waals surface area contributed by atoms with E-state index in [9.17, 15) is 13.2 Å². The van der Waals surface area contributed by atoms with Crippen LogP contribution in [0.4, 0.5) is 13.2 Å². The van der Waals surface area contributed by atoms with Crippen LogP contribution in [0.25, 0.3) is 10.1 Å². The van der Waals surface area contributed by atoms with E-state index in [2.05, 4.69) is 12.6 Å². The van der Waals surface area contributed by atoms with Gasteiger partial charge in [0.2, 0.25) is 0 Å². The van der Waals surface area contributed by atoms with E-state index in [0.717, 1.165) is 6.07 Å². The summed E-state index contributed by atoms with van der Waals surface area (Å²) in [7, 11) is 0. The summed E-state index contributed by atoms with van der Waals surface area (Å²) in [5.74, 6) is -0.839. The zero-order chi connectivity index (χ0) is 10.3. The maximum Gasteiger partial charge on any atom is 0.266 e. The summed E-state index contributed by atoms with van der Waals surface area (Å²) in [5, 5.41) is 0.220. The van der Waals surface area contributed by atoms with Gasteiger partial charge in [0, 0.05) is 10.1 Å². The fraction of sp³-hybridized carbons (Fsp3) is 0.111. The molecule has 0 fully saturated rings. The maximum absolute atomic E-state index is 13.4. The zero-order valence-corrected chi connectivity index (χ0v) is 8.51. The summed E-state index contributed by atoms with van der Waals surface area (Å²) >= 11 is 5.31. The number of rotatable bonds is 1. The van der Waals surface area contributed by atoms with E-state index >= 15 is 0 Å². The fourth-order valence-electron chi connectivity index (χ4n) is 1.25. The van der Waals surface area contributed by atoms with Crippen LogP contribution in [-0.2, 0) is 0 Å². The number of hydrogen-bond acceptors (Lipinski definition) is 2. The van der Waals surface area contributed by atoms with Crippen molar-refractivity contribution < 1.29 is 13.2 Å². The molecule has 2 aromatic rings. The van der Waals surface area contributed by atoms with Crippen LogP contribution in [0.2, 0.25) is 0 Å². The van der Waals surface area contributed by atoms with E-state index < -0.39 is 17.8 Å². The van der Waals surface area contributed by atoms with Crippen LogP contribution in [0, 0.1) is 5.82 Å². The third-order valence-electron chi connectivity index (χ3n) is 1.89. The van der Waals surface area contributed by atoms with Crippen molar-refractivity contribution in [1.82, 2.24) is 0 Å². The Bertz CT molecular complexity index is 476. The van der Waals surface area contributed by atoms with Crippen LogP contribution in [0.5, 0.6) is 0 Å². The molecule has 14 heavy (non-hydrogen) atoms. The van der Waals surface area contributed by atoms with Crippen molar-refractivity contribution >= 4 is 34.1 Å². The number of thiophene rings is 1. The van der Waals surface area contributed by atoms with Crippen molar-refractivity contribution in [1.29, 1.82) is 0 Å². The second kappa shape index (κ2) is 3.47. The van der Waals surface area contributed by atoms with Gasteiger partial charge in [-0.2, -0.15) is 0 Å². The molecule has 2 rings (SSSR count). The minimum Gasteiger partial charge on any atom is -0.206 e. The molecule has 0 bridgehead atoms. The highest BCUT2D eigenvalue weighted by Gasteiger charge is 2.16. The Balaban J connectivity index is 2.74. The van der Waals surface area contributed by atoms with Gasteiger partial charge in [0.25, 0.3) is 6.43 Å². The Morgan fingerprint density at radius 3 is 2.64 bits per heavy atom. The van der Waals surface area contributed by atoms with E-state index in [0.29, 0.717) is 8.91 Å². The topological polar surface area (TPSA) is 0 Å². The van der Waals surface area contributed by atoms with Gasteiger partial charge in [0.05, 0.1) is 9.77 Å². The van der Waals surface area contributed by atoms with Crippen LogP contribution in [0.15, 0.2) is 22.4 Å². The van der Waals surface area contributed by atoms with Crippen molar-refractivity contribution in [3.05, 3.63) is 29.6 Å². The Kier molecular flexibility index (Phi) is 2.45. The lowest BCUT2D eigenvalue weighted by Gasteiger charge is -2.01. The molecule has 0 nitrogen and oxygen atoms in total. The molecule has 0 atom stereocenters. The van der Waals surface area contributed by atoms with Crippen molar-refractivity contribution in [2.45, 2.75) is 10.6 Å². The molecule has 0 spiro atoms. The van der Waals surface area contributed by atoms with Gasteiger partial charge in [-0.3, -0.25) is 0 Å². The minimum absolute atomic E-state index is 0.220. The molecular formula is C9H5F3S2. The largest absolute Gasteiger partial charge is 0.266 e. The highest BCUT2D eigenvalue weighted by Crippen LogP contribution is 2.34.